The summed E-state index contributed by atoms with van der Waals surface area (Å²) in [5, 5.41) is 9.58. The standard InChI is InChI=1S/C24H22FNO3/c1-29-21-10-11-22-18(15-21)12-13-26(24(28)17-4-6-19(25)7-5-17)23(22)14-16-2-8-20(27)9-3-16/h2-11,15,23,27H,12-14H2,1H3. The highest BCUT2D eigenvalue weighted by Gasteiger charge is 2.31. The molecule has 0 saturated carbocycles. The fourth-order valence-electron chi connectivity index (χ4n) is 3.89. The number of benzene rings is 3. The molecule has 0 spiro atoms. The van der Waals surface area contributed by atoms with Gasteiger partial charge < -0.3 is 14.7 Å². The summed E-state index contributed by atoms with van der Waals surface area (Å²) in [5.74, 6) is 0.528. The van der Waals surface area contributed by atoms with E-state index in [0.717, 1.165) is 28.9 Å². The summed E-state index contributed by atoms with van der Waals surface area (Å²) in [5.41, 5.74) is 3.74. The number of fused-ring (bicyclic) bond motifs is 1. The van der Waals surface area contributed by atoms with Crippen molar-refractivity contribution in [1.82, 2.24) is 4.90 Å². The van der Waals surface area contributed by atoms with Crippen molar-refractivity contribution in [3.05, 3.63) is 94.8 Å². The molecule has 1 aliphatic rings. The van der Waals surface area contributed by atoms with Crippen LogP contribution >= 0.6 is 0 Å². The first kappa shape index (κ1) is 19.0. The van der Waals surface area contributed by atoms with Crippen LogP contribution in [-0.4, -0.2) is 29.6 Å². The van der Waals surface area contributed by atoms with E-state index in [1.54, 1.807) is 19.2 Å². The number of carbonyl (C=O) groups excluding carboxylic acids is 1. The maximum Gasteiger partial charge on any atom is 0.254 e. The number of amides is 1. The highest BCUT2D eigenvalue weighted by Crippen LogP contribution is 2.35. The third kappa shape index (κ3) is 3.94. The Balaban J connectivity index is 1.71. The first-order valence-electron chi connectivity index (χ1n) is 9.56. The van der Waals surface area contributed by atoms with Crippen LogP contribution in [0.5, 0.6) is 11.5 Å². The molecule has 0 radical (unpaired) electrons. The molecule has 3 aromatic rings. The predicted molar refractivity (Wildman–Crippen MR) is 109 cm³/mol. The van der Waals surface area contributed by atoms with Gasteiger partial charge in [0.15, 0.2) is 0 Å². The number of hydrogen-bond donors (Lipinski definition) is 1. The van der Waals surface area contributed by atoms with E-state index in [1.807, 2.05) is 35.2 Å². The molecular formula is C24H22FNO3. The van der Waals surface area contributed by atoms with E-state index in [4.69, 9.17) is 4.74 Å². The van der Waals surface area contributed by atoms with Crippen LogP contribution in [0.1, 0.15) is 33.1 Å². The van der Waals surface area contributed by atoms with E-state index in [1.165, 1.54) is 24.3 Å². The van der Waals surface area contributed by atoms with Gasteiger partial charge in [0, 0.05) is 12.1 Å². The molecule has 0 saturated heterocycles. The second kappa shape index (κ2) is 7.95. The Kier molecular flexibility index (Phi) is 5.21. The average molecular weight is 391 g/mol. The SMILES string of the molecule is COc1ccc2c(c1)CCN(C(=O)c1ccc(F)cc1)C2Cc1ccc(O)cc1. The summed E-state index contributed by atoms with van der Waals surface area (Å²) in [6, 6.07) is 18.5. The Morgan fingerprint density at radius 1 is 1.10 bits per heavy atom. The molecule has 1 N–H and O–H groups in total. The molecule has 0 bridgehead atoms. The Labute approximate surface area is 169 Å². The Hall–Kier alpha value is -3.34. The minimum Gasteiger partial charge on any atom is -0.508 e. The second-order valence-corrected chi connectivity index (χ2v) is 7.21. The second-order valence-electron chi connectivity index (χ2n) is 7.21. The minimum absolute atomic E-state index is 0.116. The average Bonchev–Trinajstić information content (AvgIpc) is 2.75. The summed E-state index contributed by atoms with van der Waals surface area (Å²) in [6.45, 7) is 0.569. The van der Waals surface area contributed by atoms with E-state index >= 15 is 0 Å². The van der Waals surface area contributed by atoms with Gasteiger partial charge in [-0.3, -0.25) is 4.79 Å². The van der Waals surface area contributed by atoms with E-state index in [-0.39, 0.29) is 23.5 Å². The quantitative estimate of drug-likeness (QED) is 0.711. The zero-order chi connectivity index (χ0) is 20.4. The zero-order valence-electron chi connectivity index (χ0n) is 16.1. The largest absolute Gasteiger partial charge is 0.508 e. The first-order chi connectivity index (χ1) is 14.0. The van der Waals surface area contributed by atoms with Crippen molar-refractivity contribution < 1.29 is 19.0 Å². The van der Waals surface area contributed by atoms with Crippen LogP contribution in [0, 0.1) is 5.82 Å². The molecule has 148 valence electrons. The summed E-state index contributed by atoms with van der Waals surface area (Å²) in [7, 11) is 1.64. The van der Waals surface area contributed by atoms with E-state index in [9.17, 15) is 14.3 Å². The van der Waals surface area contributed by atoms with E-state index < -0.39 is 0 Å². The molecule has 1 amide bonds. The van der Waals surface area contributed by atoms with Crippen molar-refractivity contribution in [2.45, 2.75) is 18.9 Å². The normalized spacial score (nSPS) is 15.7. The third-order valence-electron chi connectivity index (χ3n) is 5.42. The molecule has 29 heavy (non-hydrogen) atoms. The van der Waals surface area contributed by atoms with Gasteiger partial charge in [0.05, 0.1) is 13.2 Å². The van der Waals surface area contributed by atoms with Crippen molar-refractivity contribution in [2.24, 2.45) is 0 Å². The predicted octanol–water partition coefficient (Wildman–Crippen LogP) is 4.52. The Morgan fingerprint density at radius 2 is 1.83 bits per heavy atom. The van der Waals surface area contributed by atoms with Gasteiger partial charge in [-0.15, -0.1) is 0 Å². The highest BCUT2D eigenvalue weighted by molar-refractivity contribution is 5.94. The molecule has 3 aromatic carbocycles. The first-order valence-corrected chi connectivity index (χ1v) is 9.56. The lowest BCUT2D eigenvalue weighted by atomic mass is 9.88. The van der Waals surface area contributed by atoms with Gasteiger partial charge in [-0.05, 0) is 78.1 Å². The summed E-state index contributed by atoms with van der Waals surface area (Å²) >= 11 is 0. The Bertz CT molecular complexity index is 1020. The molecule has 1 aliphatic heterocycles. The molecule has 0 fully saturated rings. The molecule has 4 rings (SSSR count). The van der Waals surface area contributed by atoms with Crippen LogP contribution in [0.4, 0.5) is 4.39 Å². The van der Waals surface area contributed by atoms with E-state index in [0.29, 0.717) is 18.5 Å². The molecule has 0 aromatic heterocycles. The smallest absolute Gasteiger partial charge is 0.254 e. The summed E-state index contributed by atoms with van der Waals surface area (Å²) < 4.78 is 18.7. The number of halogens is 1. The molecular weight excluding hydrogens is 369 g/mol. The van der Waals surface area contributed by atoms with Gasteiger partial charge in [-0.25, -0.2) is 4.39 Å². The van der Waals surface area contributed by atoms with Crippen LogP contribution < -0.4 is 4.74 Å². The number of phenolic OH excluding ortho intramolecular Hbond substituents is 1. The van der Waals surface area contributed by atoms with Crippen molar-refractivity contribution in [3.63, 3.8) is 0 Å². The highest BCUT2D eigenvalue weighted by atomic mass is 19.1. The number of methoxy groups -OCH3 is 1. The molecule has 5 heteroatoms. The van der Waals surface area contributed by atoms with Crippen LogP contribution in [-0.2, 0) is 12.8 Å². The van der Waals surface area contributed by atoms with Gasteiger partial charge in [0.2, 0.25) is 0 Å². The summed E-state index contributed by atoms with van der Waals surface area (Å²) in [6.07, 6.45) is 1.35. The van der Waals surface area contributed by atoms with Gasteiger partial charge in [0.1, 0.15) is 17.3 Å². The van der Waals surface area contributed by atoms with Crippen LogP contribution in [0.15, 0.2) is 66.7 Å². The topological polar surface area (TPSA) is 49.8 Å². The number of carbonyl (C=O) groups is 1. The number of ether oxygens (including phenoxy) is 1. The lowest BCUT2D eigenvalue weighted by Crippen LogP contribution is -2.41. The number of phenols is 1. The molecule has 1 unspecified atom stereocenters. The molecule has 4 nitrogen and oxygen atoms in total. The number of hydrogen-bond acceptors (Lipinski definition) is 3. The maximum absolute atomic E-state index is 13.3. The van der Waals surface area contributed by atoms with Gasteiger partial charge in [-0.2, -0.15) is 0 Å². The van der Waals surface area contributed by atoms with E-state index in [2.05, 4.69) is 0 Å². The fourth-order valence-corrected chi connectivity index (χ4v) is 3.89. The monoisotopic (exact) mass is 391 g/mol. The fraction of sp³-hybridized carbons (Fsp3) is 0.208. The molecule has 0 aliphatic carbocycles. The third-order valence-corrected chi connectivity index (χ3v) is 5.42. The van der Waals surface area contributed by atoms with Crippen molar-refractivity contribution >= 4 is 5.91 Å². The maximum atomic E-state index is 13.3. The molecule has 1 heterocycles. The Morgan fingerprint density at radius 3 is 2.52 bits per heavy atom. The van der Waals surface area contributed by atoms with Crippen LogP contribution in [0.25, 0.3) is 0 Å². The minimum atomic E-state index is -0.363. The van der Waals surface area contributed by atoms with Gasteiger partial charge in [0.25, 0.3) is 5.91 Å². The van der Waals surface area contributed by atoms with Crippen LogP contribution in [0.2, 0.25) is 0 Å². The van der Waals surface area contributed by atoms with Crippen molar-refractivity contribution in [2.75, 3.05) is 13.7 Å². The summed E-state index contributed by atoms with van der Waals surface area (Å²) in [4.78, 5) is 15.1. The van der Waals surface area contributed by atoms with Crippen molar-refractivity contribution in [1.29, 1.82) is 0 Å². The zero-order valence-corrected chi connectivity index (χ0v) is 16.1. The number of rotatable bonds is 4. The molecule has 1 atom stereocenters. The van der Waals surface area contributed by atoms with Crippen LogP contribution in [0.3, 0.4) is 0 Å². The van der Waals surface area contributed by atoms with Gasteiger partial charge in [-0.1, -0.05) is 18.2 Å². The lowest BCUT2D eigenvalue weighted by Gasteiger charge is -2.38. The number of nitrogens with zero attached hydrogens (tertiary/aromatic N) is 1. The van der Waals surface area contributed by atoms with Gasteiger partial charge >= 0.3 is 0 Å². The van der Waals surface area contributed by atoms with Crippen molar-refractivity contribution in [3.8, 4) is 11.5 Å². The lowest BCUT2D eigenvalue weighted by molar-refractivity contribution is 0.0660. The number of aromatic hydroxyl groups is 1.